The Hall–Kier alpha value is -2.89. The van der Waals surface area contributed by atoms with Crippen LogP contribution in [0.25, 0.3) is 22.3 Å². The molecule has 1 aromatic carbocycles. The largest absolute Gasteiger partial charge is 0.349 e. The maximum Gasteiger partial charge on any atom is 0.327 e. The summed E-state index contributed by atoms with van der Waals surface area (Å²) in [5, 5.41) is 3.02. The monoisotopic (exact) mass is 350 g/mol. The van der Waals surface area contributed by atoms with Gasteiger partial charge in [0.2, 0.25) is 0 Å². The number of aryl methyl sites for hydroxylation is 1. The van der Waals surface area contributed by atoms with Crippen molar-refractivity contribution in [1.82, 2.24) is 19.9 Å². The summed E-state index contributed by atoms with van der Waals surface area (Å²) in [4.78, 5) is 31.9. The molecular formula is C20H22N4O2. The van der Waals surface area contributed by atoms with Gasteiger partial charge in [-0.3, -0.25) is 9.36 Å². The third kappa shape index (κ3) is 2.92. The predicted molar refractivity (Wildman–Crippen MR) is 101 cm³/mol. The molecule has 1 aliphatic carbocycles. The van der Waals surface area contributed by atoms with Crippen molar-refractivity contribution in [2.24, 2.45) is 0 Å². The number of nitrogens with zero attached hydrogens (tertiary/aromatic N) is 2. The summed E-state index contributed by atoms with van der Waals surface area (Å²) in [7, 11) is 0. The quantitative estimate of drug-likeness (QED) is 0.758. The zero-order valence-electron chi connectivity index (χ0n) is 15.2. The van der Waals surface area contributed by atoms with E-state index < -0.39 is 0 Å². The SMILES string of the molecule is Cc1ccc(C(=O)NC2CC2)cc1-c1cnc2c(c1)[nH]c(=O)n2C(C)C. The number of nitrogens with one attached hydrogen (secondary N) is 2. The van der Waals surface area contributed by atoms with E-state index in [1.54, 1.807) is 10.8 Å². The van der Waals surface area contributed by atoms with Gasteiger partial charge in [-0.2, -0.15) is 0 Å². The highest BCUT2D eigenvalue weighted by atomic mass is 16.2. The first-order chi connectivity index (χ1) is 12.4. The molecule has 0 spiro atoms. The van der Waals surface area contributed by atoms with E-state index >= 15 is 0 Å². The average molecular weight is 350 g/mol. The molecule has 6 heteroatoms. The van der Waals surface area contributed by atoms with Gasteiger partial charge in [-0.15, -0.1) is 0 Å². The van der Waals surface area contributed by atoms with Gasteiger partial charge in [0.15, 0.2) is 5.65 Å². The molecule has 0 radical (unpaired) electrons. The molecule has 2 aromatic heterocycles. The van der Waals surface area contributed by atoms with Gasteiger partial charge in [0.05, 0.1) is 5.52 Å². The number of amides is 1. The van der Waals surface area contributed by atoms with Gasteiger partial charge in [-0.25, -0.2) is 9.78 Å². The van der Waals surface area contributed by atoms with E-state index in [0.717, 1.165) is 29.5 Å². The van der Waals surface area contributed by atoms with Crippen molar-refractivity contribution in [3.63, 3.8) is 0 Å². The van der Waals surface area contributed by atoms with Crippen LogP contribution in [0, 0.1) is 6.92 Å². The van der Waals surface area contributed by atoms with Crippen molar-refractivity contribution in [2.75, 3.05) is 0 Å². The molecule has 26 heavy (non-hydrogen) atoms. The molecule has 0 bridgehead atoms. The highest BCUT2D eigenvalue weighted by Crippen LogP contribution is 2.27. The Balaban J connectivity index is 1.76. The molecular weight excluding hydrogens is 328 g/mol. The summed E-state index contributed by atoms with van der Waals surface area (Å²) in [6.07, 6.45) is 3.88. The molecule has 0 atom stereocenters. The van der Waals surface area contributed by atoms with Gasteiger partial charge < -0.3 is 10.3 Å². The number of carbonyl (C=O) groups excluding carboxylic acids is 1. The van der Waals surface area contributed by atoms with E-state index in [2.05, 4.69) is 15.3 Å². The topological polar surface area (TPSA) is 79.8 Å². The number of H-pyrrole nitrogens is 1. The first-order valence-electron chi connectivity index (χ1n) is 8.96. The Morgan fingerprint density at radius 2 is 2.08 bits per heavy atom. The lowest BCUT2D eigenvalue weighted by Crippen LogP contribution is -2.25. The number of aromatic amines is 1. The molecule has 2 heterocycles. The third-order valence-corrected chi connectivity index (χ3v) is 4.79. The van der Waals surface area contributed by atoms with Crippen LogP contribution in [0.2, 0.25) is 0 Å². The maximum absolute atomic E-state index is 12.3. The summed E-state index contributed by atoms with van der Waals surface area (Å²) < 4.78 is 1.64. The second-order valence-electron chi connectivity index (χ2n) is 7.27. The summed E-state index contributed by atoms with van der Waals surface area (Å²) in [6.45, 7) is 5.91. The zero-order chi connectivity index (χ0) is 18.4. The fourth-order valence-electron chi connectivity index (χ4n) is 3.21. The lowest BCUT2D eigenvalue weighted by atomic mass is 9.99. The number of benzene rings is 1. The molecule has 3 aromatic rings. The standard InChI is InChI=1S/C20H22N4O2/c1-11(2)24-18-17(23-20(24)26)9-14(10-21-18)16-8-13(5-4-12(16)3)19(25)22-15-6-7-15/h4-5,8-11,15H,6-7H2,1-3H3,(H,22,25)(H,23,26). The number of imidazole rings is 1. The van der Waals surface area contributed by atoms with Crippen LogP contribution in [-0.2, 0) is 0 Å². The normalized spacial score (nSPS) is 14.2. The molecule has 134 valence electrons. The number of pyridine rings is 1. The van der Waals surface area contributed by atoms with Crippen LogP contribution in [0.4, 0.5) is 0 Å². The molecule has 1 saturated carbocycles. The van der Waals surface area contributed by atoms with Gasteiger partial charge in [0.1, 0.15) is 0 Å². The van der Waals surface area contributed by atoms with Crippen LogP contribution < -0.4 is 11.0 Å². The summed E-state index contributed by atoms with van der Waals surface area (Å²) in [5.74, 6) is -0.0397. The van der Waals surface area contributed by atoms with Crippen molar-refractivity contribution in [2.45, 2.75) is 45.7 Å². The van der Waals surface area contributed by atoms with E-state index in [-0.39, 0.29) is 17.6 Å². The Bertz CT molecular complexity index is 1060. The Morgan fingerprint density at radius 3 is 2.77 bits per heavy atom. The van der Waals surface area contributed by atoms with E-state index in [0.29, 0.717) is 22.8 Å². The van der Waals surface area contributed by atoms with Crippen LogP contribution in [0.3, 0.4) is 0 Å². The fourth-order valence-corrected chi connectivity index (χ4v) is 3.21. The lowest BCUT2D eigenvalue weighted by molar-refractivity contribution is 0.0951. The van der Waals surface area contributed by atoms with Crippen LogP contribution in [-0.4, -0.2) is 26.5 Å². The second kappa shape index (κ2) is 6.12. The Morgan fingerprint density at radius 1 is 1.31 bits per heavy atom. The van der Waals surface area contributed by atoms with Crippen molar-refractivity contribution < 1.29 is 4.79 Å². The first-order valence-corrected chi connectivity index (χ1v) is 8.96. The summed E-state index contributed by atoms with van der Waals surface area (Å²) >= 11 is 0. The average Bonchev–Trinajstić information content (AvgIpc) is 3.33. The minimum Gasteiger partial charge on any atom is -0.349 e. The minimum atomic E-state index is -0.158. The van der Waals surface area contributed by atoms with Crippen LogP contribution in [0.1, 0.15) is 48.7 Å². The second-order valence-corrected chi connectivity index (χ2v) is 7.27. The molecule has 6 nitrogen and oxygen atoms in total. The number of hydrogen-bond acceptors (Lipinski definition) is 3. The number of rotatable bonds is 4. The van der Waals surface area contributed by atoms with Gasteiger partial charge in [0, 0.05) is 29.4 Å². The van der Waals surface area contributed by atoms with Crippen LogP contribution >= 0.6 is 0 Å². The smallest absolute Gasteiger partial charge is 0.327 e. The van der Waals surface area contributed by atoms with Crippen molar-refractivity contribution in [3.05, 3.63) is 52.1 Å². The van der Waals surface area contributed by atoms with Gasteiger partial charge in [-0.1, -0.05) is 6.07 Å². The van der Waals surface area contributed by atoms with E-state index in [4.69, 9.17) is 0 Å². The summed E-state index contributed by atoms with van der Waals surface area (Å²) in [5.41, 5.74) is 4.72. The molecule has 1 fully saturated rings. The third-order valence-electron chi connectivity index (χ3n) is 4.79. The fraction of sp³-hybridized carbons (Fsp3) is 0.350. The maximum atomic E-state index is 12.3. The van der Waals surface area contributed by atoms with Crippen molar-refractivity contribution >= 4 is 17.1 Å². The van der Waals surface area contributed by atoms with E-state index in [1.165, 1.54) is 0 Å². The Kier molecular flexibility index (Phi) is 3.90. The number of fused-ring (bicyclic) bond motifs is 1. The first kappa shape index (κ1) is 16.6. The Labute approximate surface area is 151 Å². The number of carbonyl (C=O) groups is 1. The van der Waals surface area contributed by atoms with Gasteiger partial charge >= 0.3 is 5.69 Å². The highest BCUT2D eigenvalue weighted by Gasteiger charge is 2.24. The number of hydrogen-bond donors (Lipinski definition) is 2. The highest BCUT2D eigenvalue weighted by molar-refractivity contribution is 5.96. The molecule has 1 aliphatic rings. The predicted octanol–water partition coefficient (Wildman–Crippen LogP) is 3.17. The van der Waals surface area contributed by atoms with Crippen molar-refractivity contribution in [1.29, 1.82) is 0 Å². The zero-order valence-corrected chi connectivity index (χ0v) is 15.2. The number of aromatic nitrogens is 3. The van der Waals surface area contributed by atoms with E-state index in [1.807, 2.05) is 45.0 Å². The minimum absolute atomic E-state index is 0.0331. The molecule has 0 aliphatic heterocycles. The molecule has 0 unspecified atom stereocenters. The molecule has 2 N–H and O–H groups in total. The molecule has 0 saturated heterocycles. The molecule has 4 rings (SSSR count). The van der Waals surface area contributed by atoms with E-state index in [9.17, 15) is 9.59 Å². The van der Waals surface area contributed by atoms with Crippen molar-refractivity contribution in [3.8, 4) is 11.1 Å². The summed E-state index contributed by atoms with van der Waals surface area (Å²) in [6, 6.07) is 7.97. The van der Waals surface area contributed by atoms with Gasteiger partial charge in [-0.05, 0) is 62.9 Å². The van der Waals surface area contributed by atoms with Gasteiger partial charge in [0.25, 0.3) is 5.91 Å². The molecule has 1 amide bonds. The van der Waals surface area contributed by atoms with Crippen LogP contribution in [0.5, 0.6) is 0 Å². The lowest BCUT2D eigenvalue weighted by Gasteiger charge is -2.10. The van der Waals surface area contributed by atoms with Crippen LogP contribution in [0.15, 0.2) is 35.3 Å².